The van der Waals surface area contributed by atoms with Gasteiger partial charge in [0.25, 0.3) is 0 Å². The van der Waals surface area contributed by atoms with Crippen LogP contribution in [0.1, 0.15) is 80.1 Å². The van der Waals surface area contributed by atoms with Gasteiger partial charge in [-0.3, -0.25) is 0 Å². The number of thioether (sulfide) groups is 2. The zero-order valence-electron chi connectivity index (χ0n) is 16.4. The average molecular weight is 363 g/mol. The Kier molecular flexibility index (Phi) is 3.96. The van der Waals surface area contributed by atoms with Gasteiger partial charge in [0, 0.05) is 10.5 Å². The minimum atomic E-state index is 0.502. The van der Waals surface area contributed by atoms with Crippen molar-refractivity contribution in [1.29, 1.82) is 0 Å². The number of rotatable bonds is 2. The summed E-state index contributed by atoms with van der Waals surface area (Å²) in [5.41, 5.74) is 2.04. The van der Waals surface area contributed by atoms with E-state index in [0.29, 0.717) is 21.7 Å². The van der Waals surface area contributed by atoms with Crippen LogP contribution in [-0.4, -0.2) is 10.5 Å². The number of fused-ring (bicyclic) bond motifs is 4. The van der Waals surface area contributed by atoms with Gasteiger partial charge < -0.3 is 0 Å². The lowest BCUT2D eigenvalue weighted by Gasteiger charge is -2.38. The lowest BCUT2D eigenvalue weighted by atomic mass is 9.71. The summed E-state index contributed by atoms with van der Waals surface area (Å²) in [5, 5.41) is 8.58. The molecule has 0 spiro atoms. The predicted molar refractivity (Wildman–Crippen MR) is 109 cm³/mol. The SMILES string of the molecule is CC1(C)[C@H]2CC[C@]1(C)[C@@H](SC#CS[C@H]1C[C@@H]3CC[C@@]1(C)C3(C)C)C2. The fourth-order valence-electron chi connectivity index (χ4n) is 6.81. The third-order valence-corrected chi connectivity index (χ3v) is 12.4. The molecular weight excluding hydrogens is 328 g/mol. The number of hydrogen-bond acceptors (Lipinski definition) is 2. The first-order chi connectivity index (χ1) is 11.1. The van der Waals surface area contributed by atoms with Gasteiger partial charge in [-0.2, -0.15) is 0 Å². The summed E-state index contributed by atoms with van der Waals surface area (Å²) < 4.78 is 0. The molecular formula is C22H34S2. The van der Waals surface area contributed by atoms with Gasteiger partial charge in [0.15, 0.2) is 0 Å². The van der Waals surface area contributed by atoms with Crippen LogP contribution in [0.15, 0.2) is 0 Å². The summed E-state index contributed by atoms with van der Waals surface area (Å²) in [6.07, 6.45) is 8.49. The van der Waals surface area contributed by atoms with E-state index in [1.165, 1.54) is 38.5 Å². The maximum atomic E-state index is 3.54. The smallest absolute Gasteiger partial charge is 0.0233 e. The molecule has 0 aromatic carbocycles. The van der Waals surface area contributed by atoms with Gasteiger partial charge in [-0.15, -0.1) is 0 Å². The van der Waals surface area contributed by atoms with E-state index >= 15 is 0 Å². The molecule has 4 rings (SSSR count). The Hall–Kier alpha value is 0.260. The van der Waals surface area contributed by atoms with Gasteiger partial charge >= 0.3 is 0 Å². The molecule has 6 atom stereocenters. The van der Waals surface area contributed by atoms with Crippen LogP contribution < -0.4 is 0 Å². The third-order valence-electron chi connectivity index (χ3n) is 9.87. The first-order valence-corrected chi connectivity index (χ1v) is 11.7. The molecule has 0 N–H and O–H groups in total. The molecule has 4 bridgehead atoms. The quantitative estimate of drug-likeness (QED) is 0.495. The maximum Gasteiger partial charge on any atom is 0.0233 e. The van der Waals surface area contributed by atoms with Crippen LogP contribution in [0.2, 0.25) is 0 Å². The predicted octanol–water partition coefficient (Wildman–Crippen LogP) is 6.80. The summed E-state index contributed by atoms with van der Waals surface area (Å²) >= 11 is 3.94. The van der Waals surface area contributed by atoms with Gasteiger partial charge in [-0.1, -0.05) is 65.1 Å². The molecule has 0 aromatic rings. The third kappa shape index (κ3) is 2.10. The molecule has 0 radical (unpaired) electrons. The van der Waals surface area contributed by atoms with Gasteiger partial charge in [-0.25, -0.2) is 0 Å². The normalized spacial score (nSPS) is 50.1. The lowest BCUT2D eigenvalue weighted by Crippen LogP contribution is -2.33. The fraction of sp³-hybridized carbons (Fsp3) is 0.909. The van der Waals surface area contributed by atoms with Crippen LogP contribution >= 0.6 is 23.5 Å². The van der Waals surface area contributed by atoms with Gasteiger partial charge in [-0.05, 0) is 82.5 Å². The molecule has 0 nitrogen and oxygen atoms in total. The average Bonchev–Trinajstić information content (AvgIpc) is 3.02. The van der Waals surface area contributed by atoms with Crippen molar-refractivity contribution < 1.29 is 0 Å². The van der Waals surface area contributed by atoms with E-state index in [9.17, 15) is 0 Å². The van der Waals surface area contributed by atoms with Crippen molar-refractivity contribution in [1.82, 2.24) is 0 Å². The molecule has 0 unspecified atom stereocenters. The molecule has 24 heavy (non-hydrogen) atoms. The molecule has 4 aliphatic carbocycles. The van der Waals surface area contributed by atoms with Crippen LogP contribution in [0.4, 0.5) is 0 Å². The van der Waals surface area contributed by atoms with Crippen LogP contribution in [-0.2, 0) is 0 Å². The van der Waals surface area contributed by atoms with E-state index in [4.69, 9.17) is 0 Å². The van der Waals surface area contributed by atoms with Crippen LogP contribution in [0.5, 0.6) is 0 Å². The van der Waals surface area contributed by atoms with E-state index < -0.39 is 0 Å². The van der Waals surface area contributed by atoms with Crippen molar-refractivity contribution in [2.24, 2.45) is 33.5 Å². The first-order valence-electron chi connectivity index (χ1n) is 9.94. The van der Waals surface area contributed by atoms with E-state index in [0.717, 1.165) is 22.3 Å². The zero-order chi connectivity index (χ0) is 17.4. The summed E-state index contributed by atoms with van der Waals surface area (Å²) in [4.78, 5) is 0. The Bertz CT molecular complexity index is 545. The summed E-state index contributed by atoms with van der Waals surface area (Å²) in [6, 6.07) is 0. The van der Waals surface area contributed by atoms with Crippen molar-refractivity contribution in [3.05, 3.63) is 0 Å². The molecule has 4 aliphatic rings. The standard InChI is InChI=1S/C22H34S2/c1-19(2)15-7-9-21(19,5)17(13-15)23-11-12-24-18-14-16-8-10-22(18,6)20(16,3)4/h15-18H,7-10,13-14H2,1-6H3/t15-,16-,17-,18-,21+,22+/m0/s1. The highest BCUT2D eigenvalue weighted by molar-refractivity contribution is 8.07. The van der Waals surface area contributed by atoms with Crippen molar-refractivity contribution in [2.45, 2.75) is 90.6 Å². The number of hydrogen-bond donors (Lipinski definition) is 0. The van der Waals surface area contributed by atoms with Gasteiger partial charge in [0.05, 0.1) is 0 Å². The highest BCUT2D eigenvalue weighted by Gasteiger charge is 2.62. The van der Waals surface area contributed by atoms with E-state index in [2.05, 4.69) is 52.0 Å². The highest BCUT2D eigenvalue weighted by atomic mass is 32.2. The van der Waals surface area contributed by atoms with Crippen molar-refractivity contribution in [3.63, 3.8) is 0 Å². The van der Waals surface area contributed by atoms with Gasteiger partial charge in [0.1, 0.15) is 0 Å². The van der Waals surface area contributed by atoms with Crippen LogP contribution in [0, 0.1) is 44.0 Å². The molecule has 2 heteroatoms. The molecule has 0 amide bonds. The molecule has 0 heterocycles. The Balaban J connectivity index is 1.38. The molecule has 4 fully saturated rings. The van der Waals surface area contributed by atoms with Crippen molar-refractivity contribution >= 4 is 23.5 Å². The minimum Gasteiger partial charge on any atom is -0.0701 e. The van der Waals surface area contributed by atoms with E-state index in [1.54, 1.807) is 0 Å². The Morgan fingerprint density at radius 3 is 1.29 bits per heavy atom. The molecule has 4 saturated carbocycles. The fourth-order valence-corrected chi connectivity index (χ4v) is 9.50. The maximum absolute atomic E-state index is 3.54. The topological polar surface area (TPSA) is 0 Å². The largest absolute Gasteiger partial charge is 0.0701 e. The molecule has 134 valence electrons. The van der Waals surface area contributed by atoms with Crippen molar-refractivity contribution in [3.8, 4) is 10.5 Å². The second kappa shape index (κ2) is 5.39. The molecule has 0 aromatic heterocycles. The van der Waals surface area contributed by atoms with E-state index in [1.807, 2.05) is 23.5 Å². The first kappa shape index (κ1) is 17.7. The monoisotopic (exact) mass is 362 g/mol. The second-order valence-electron chi connectivity index (χ2n) is 10.6. The molecule has 0 aliphatic heterocycles. The molecule has 0 saturated heterocycles. The van der Waals surface area contributed by atoms with Crippen molar-refractivity contribution in [2.75, 3.05) is 0 Å². The zero-order valence-corrected chi connectivity index (χ0v) is 18.0. The summed E-state index contributed by atoms with van der Waals surface area (Å²) in [7, 11) is 0. The lowest BCUT2D eigenvalue weighted by molar-refractivity contribution is 0.156. The second-order valence-corrected chi connectivity index (χ2v) is 12.7. The highest BCUT2D eigenvalue weighted by Crippen LogP contribution is 2.69. The Morgan fingerprint density at radius 1 is 0.667 bits per heavy atom. The summed E-state index contributed by atoms with van der Waals surface area (Å²) in [6.45, 7) is 15.1. The minimum absolute atomic E-state index is 0.502. The Labute approximate surface area is 158 Å². The van der Waals surface area contributed by atoms with E-state index in [-0.39, 0.29) is 0 Å². The van der Waals surface area contributed by atoms with Crippen LogP contribution in [0.25, 0.3) is 0 Å². The Morgan fingerprint density at radius 2 is 1.04 bits per heavy atom. The summed E-state index contributed by atoms with van der Waals surface area (Å²) in [5.74, 6) is 1.86. The van der Waals surface area contributed by atoms with Gasteiger partial charge in [0.2, 0.25) is 0 Å². The van der Waals surface area contributed by atoms with Crippen LogP contribution in [0.3, 0.4) is 0 Å².